The molecule has 0 bridgehead atoms. The van der Waals surface area contributed by atoms with Gasteiger partial charge in [0.1, 0.15) is 0 Å². The van der Waals surface area contributed by atoms with Crippen molar-refractivity contribution >= 4 is 0 Å². The first-order valence-electron chi connectivity index (χ1n) is 6.88. The van der Waals surface area contributed by atoms with E-state index in [1.165, 1.54) is 11.1 Å². The molecule has 0 aliphatic carbocycles. The van der Waals surface area contributed by atoms with Crippen molar-refractivity contribution in [3.63, 3.8) is 0 Å². The minimum atomic E-state index is 0.685. The highest BCUT2D eigenvalue weighted by Crippen LogP contribution is 2.17. The molecule has 0 amide bonds. The van der Waals surface area contributed by atoms with Crippen LogP contribution in [0.4, 0.5) is 0 Å². The number of aryl methyl sites for hydroxylation is 1. The van der Waals surface area contributed by atoms with E-state index < -0.39 is 0 Å². The number of nitrogens with one attached hydrogen (secondary N) is 1. The van der Waals surface area contributed by atoms with Crippen LogP contribution in [0, 0.1) is 18.8 Å². The van der Waals surface area contributed by atoms with E-state index in [1.807, 2.05) is 0 Å². The van der Waals surface area contributed by atoms with Gasteiger partial charge < -0.3 is 10.1 Å². The first-order valence-corrected chi connectivity index (χ1v) is 6.88. The smallest absolute Gasteiger partial charge is 0.0587 e. The number of hydrogen-bond acceptors (Lipinski definition) is 2. The summed E-state index contributed by atoms with van der Waals surface area (Å²) in [6.07, 6.45) is 1.15. The molecule has 0 heterocycles. The summed E-state index contributed by atoms with van der Waals surface area (Å²) in [5.74, 6) is 1.38. The predicted octanol–water partition coefficient (Wildman–Crippen LogP) is 3.05. The molecule has 0 aliphatic heterocycles. The minimum absolute atomic E-state index is 0.685. The molecular formula is C16H27NO. The molecule has 1 atom stereocenters. The monoisotopic (exact) mass is 249 g/mol. The zero-order valence-corrected chi connectivity index (χ0v) is 12.2. The zero-order valence-electron chi connectivity index (χ0n) is 12.2. The molecule has 0 aliphatic rings. The summed E-state index contributed by atoms with van der Waals surface area (Å²) in [6.45, 7) is 9.53. The van der Waals surface area contributed by atoms with Crippen LogP contribution in [0.5, 0.6) is 0 Å². The Hall–Kier alpha value is -0.860. The van der Waals surface area contributed by atoms with Crippen LogP contribution in [0.1, 0.15) is 25.0 Å². The van der Waals surface area contributed by atoms with Gasteiger partial charge >= 0.3 is 0 Å². The number of ether oxygens (including phenoxy) is 1. The van der Waals surface area contributed by atoms with Crippen molar-refractivity contribution in [3.8, 4) is 0 Å². The number of methoxy groups -OCH3 is 1. The van der Waals surface area contributed by atoms with E-state index in [4.69, 9.17) is 4.74 Å². The fourth-order valence-corrected chi connectivity index (χ4v) is 2.03. The molecule has 1 rings (SSSR count). The highest BCUT2D eigenvalue weighted by molar-refractivity contribution is 5.21. The lowest BCUT2D eigenvalue weighted by Gasteiger charge is -2.21. The maximum Gasteiger partial charge on any atom is 0.0587 e. The molecule has 1 aromatic carbocycles. The van der Waals surface area contributed by atoms with Gasteiger partial charge in [0, 0.05) is 13.7 Å². The van der Waals surface area contributed by atoms with Gasteiger partial charge in [-0.15, -0.1) is 0 Å². The van der Waals surface area contributed by atoms with Gasteiger partial charge in [0.15, 0.2) is 0 Å². The van der Waals surface area contributed by atoms with Crippen molar-refractivity contribution < 1.29 is 4.74 Å². The maximum absolute atomic E-state index is 5.05. The van der Waals surface area contributed by atoms with Crippen LogP contribution in [0.15, 0.2) is 24.3 Å². The van der Waals surface area contributed by atoms with E-state index in [0.717, 1.165) is 26.1 Å². The first-order chi connectivity index (χ1) is 8.63. The van der Waals surface area contributed by atoms with E-state index in [9.17, 15) is 0 Å². The Labute approximate surface area is 112 Å². The standard InChI is InChI=1S/C16H27NO/c1-13(2)16(12-17-9-10-18-4)11-15-7-5-14(3)6-8-15/h5-8,13,16-17H,9-12H2,1-4H3. The largest absolute Gasteiger partial charge is 0.383 e. The average Bonchev–Trinajstić information content (AvgIpc) is 2.35. The Morgan fingerprint density at radius 2 is 1.83 bits per heavy atom. The van der Waals surface area contributed by atoms with Crippen molar-refractivity contribution in [2.45, 2.75) is 27.2 Å². The number of rotatable bonds is 8. The first kappa shape index (κ1) is 15.2. The Balaban J connectivity index is 2.44. The van der Waals surface area contributed by atoms with Crippen LogP contribution in [0.3, 0.4) is 0 Å². The summed E-state index contributed by atoms with van der Waals surface area (Å²) in [5, 5.41) is 3.47. The summed E-state index contributed by atoms with van der Waals surface area (Å²) in [4.78, 5) is 0. The topological polar surface area (TPSA) is 21.3 Å². The quantitative estimate of drug-likeness (QED) is 0.715. The molecule has 18 heavy (non-hydrogen) atoms. The maximum atomic E-state index is 5.05. The molecule has 0 aromatic heterocycles. The normalized spacial score (nSPS) is 12.9. The van der Waals surface area contributed by atoms with Crippen LogP contribution in [-0.2, 0) is 11.2 Å². The molecule has 0 fully saturated rings. The third kappa shape index (κ3) is 5.65. The molecule has 0 spiro atoms. The van der Waals surface area contributed by atoms with Crippen LogP contribution in [-0.4, -0.2) is 26.8 Å². The van der Waals surface area contributed by atoms with Crippen LogP contribution >= 0.6 is 0 Å². The van der Waals surface area contributed by atoms with Gasteiger partial charge in [-0.05, 0) is 37.3 Å². The molecule has 0 radical (unpaired) electrons. The predicted molar refractivity (Wildman–Crippen MR) is 78.0 cm³/mol. The van der Waals surface area contributed by atoms with Gasteiger partial charge in [-0.3, -0.25) is 0 Å². The highest BCUT2D eigenvalue weighted by Gasteiger charge is 2.13. The third-order valence-electron chi connectivity index (χ3n) is 3.45. The van der Waals surface area contributed by atoms with E-state index in [2.05, 4.69) is 50.4 Å². The Morgan fingerprint density at radius 1 is 1.17 bits per heavy atom. The summed E-state index contributed by atoms with van der Waals surface area (Å²) in [7, 11) is 1.74. The molecule has 0 saturated carbocycles. The van der Waals surface area contributed by atoms with Gasteiger partial charge in [0.05, 0.1) is 6.61 Å². The minimum Gasteiger partial charge on any atom is -0.383 e. The molecule has 1 unspecified atom stereocenters. The molecule has 0 saturated heterocycles. The molecule has 102 valence electrons. The van der Waals surface area contributed by atoms with E-state index in [-0.39, 0.29) is 0 Å². The van der Waals surface area contributed by atoms with Crippen molar-refractivity contribution in [3.05, 3.63) is 35.4 Å². The van der Waals surface area contributed by atoms with E-state index in [1.54, 1.807) is 7.11 Å². The second kappa shape index (κ2) is 8.28. The lowest BCUT2D eigenvalue weighted by atomic mass is 9.89. The lowest BCUT2D eigenvalue weighted by Crippen LogP contribution is -2.30. The van der Waals surface area contributed by atoms with Gasteiger partial charge in [-0.2, -0.15) is 0 Å². The van der Waals surface area contributed by atoms with Gasteiger partial charge in [-0.25, -0.2) is 0 Å². The Bertz CT molecular complexity index is 318. The summed E-state index contributed by atoms with van der Waals surface area (Å²) >= 11 is 0. The van der Waals surface area contributed by atoms with Crippen LogP contribution < -0.4 is 5.32 Å². The van der Waals surface area contributed by atoms with Gasteiger partial charge in [-0.1, -0.05) is 43.7 Å². The molecular weight excluding hydrogens is 222 g/mol. The van der Waals surface area contributed by atoms with E-state index in [0.29, 0.717) is 11.8 Å². The molecule has 1 N–H and O–H groups in total. The van der Waals surface area contributed by atoms with Crippen LogP contribution in [0.2, 0.25) is 0 Å². The highest BCUT2D eigenvalue weighted by atomic mass is 16.5. The third-order valence-corrected chi connectivity index (χ3v) is 3.45. The fraction of sp³-hybridized carbons (Fsp3) is 0.625. The molecule has 2 nitrogen and oxygen atoms in total. The average molecular weight is 249 g/mol. The van der Waals surface area contributed by atoms with Crippen molar-refractivity contribution in [2.24, 2.45) is 11.8 Å². The molecule has 1 aromatic rings. The zero-order chi connectivity index (χ0) is 13.4. The van der Waals surface area contributed by atoms with Gasteiger partial charge in [0.2, 0.25) is 0 Å². The second-order valence-corrected chi connectivity index (χ2v) is 5.39. The Morgan fingerprint density at radius 3 is 2.39 bits per heavy atom. The summed E-state index contributed by atoms with van der Waals surface area (Å²) < 4.78 is 5.05. The van der Waals surface area contributed by atoms with Crippen molar-refractivity contribution in [2.75, 3.05) is 26.8 Å². The van der Waals surface area contributed by atoms with Crippen molar-refractivity contribution in [1.29, 1.82) is 0 Å². The summed E-state index contributed by atoms with van der Waals surface area (Å²) in [5.41, 5.74) is 2.77. The Kier molecular flexibility index (Phi) is 6.99. The number of benzene rings is 1. The van der Waals surface area contributed by atoms with Gasteiger partial charge in [0.25, 0.3) is 0 Å². The SMILES string of the molecule is COCCNCC(Cc1ccc(C)cc1)C(C)C. The lowest BCUT2D eigenvalue weighted by molar-refractivity contribution is 0.196. The van der Waals surface area contributed by atoms with Crippen LogP contribution in [0.25, 0.3) is 0 Å². The number of hydrogen-bond donors (Lipinski definition) is 1. The summed E-state index contributed by atoms with van der Waals surface area (Å²) in [6, 6.07) is 8.90. The fourth-order valence-electron chi connectivity index (χ4n) is 2.03. The second-order valence-electron chi connectivity index (χ2n) is 5.39. The molecule has 2 heteroatoms. The van der Waals surface area contributed by atoms with Crippen molar-refractivity contribution in [1.82, 2.24) is 5.32 Å². The van der Waals surface area contributed by atoms with E-state index >= 15 is 0 Å².